The minimum atomic E-state index is -0.562. The van der Waals surface area contributed by atoms with Crippen LogP contribution in [0.3, 0.4) is 0 Å². The quantitative estimate of drug-likeness (QED) is 0.315. The fourth-order valence-corrected chi connectivity index (χ4v) is 5.94. The lowest BCUT2D eigenvalue weighted by Crippen LogP contribution is -2.55. The zero-order chi connectivity index (χ0) is 28.6. The number of rotatable bonds is 5. The largest absolute Gasteiger partial charge is 0.459 e. The van der Waals surface area contributed by atoms with Crippen molar-refractivity contribution in [3.8, 4) is 11.1 Å². The molecule has 10 heteroatoms. The number of halogens is 3. The average Bonchev–Trinajstić information content (AvgIpc) is 2.89. The lowest BCUT2D eigenvalue weighted by molar-refractivity contribution is -0.158. The normalized spacial score (nSPS) is 17.8. The third kappa shape index (κ3) is 6.09. The Kier molecular flexibility index (Phi) is 8.32. The van der Waals surface area contributed by atoms with Gasteiger partial charge in [0, 0.05) is 48.9 Å². The summed E-state index contributed by atoms with van der Waals surface area (Å²) in [6.07, 6.45) is 0. The van der Waals surface area contributed by atoms with Gasteiger partial charge in [0.05, 0.1) is 21.4 Å². The van der Waals surface area contributed by atoms with Gasteiger partial charge < -0.3 is 15.4 Å². The van der Waals surface area contributed by atoms with Crippen LogP contribution < -0.4 is 15.5 Å². The van der Waals surface area contributed by atoms with Crippen LogP contribution >= 0.6 is 34.8 Å². The standard InChI is InChI=1S/C30H31Cl3N4O3/c1-30(2,3)40-28(38)25-17-36(12-11-34-25)16-18-13-20(19-7-4-5-8-22(19)31)21-15-35-29(39)37(26(21)14-18)27-23(32)9-6-10-24(27)33/h4-10,13-14,25,34H,11-12,15-17H2,1-3H3,(H,35,39). The fraction of sp³-hybridized carbons (Fsp3) is 0.333. The molecule has 1 saturated heterocycles. The van der Waals surface area contributed by atoms with Crippen LogP contribution in [0.4, 0.5) is 16.2 Å². The van der Waals surface area contributed by atoms with Gasteiger partial charge in [0.1, 0.15) is 11.6 Å². The highest BCUT2D eigenvalue weighted by Gasteiger charge is 2.33. The summed E-state index contributed by atoms with van der Waals surface area (Å²) in [5, 5.41) is 7.57. The van der Waals surface area contributed by atoms with E-state index >= 15 is 0 Å². The third-order valence-corrected chi connectivity index (χ3v) is 7.77. The molecule has 0 spiro atoms. The van der Waals surface area contributed by atoms with Gasteiger partial charge >= 0.3 is 12.0 Å². The number of piperazine rings is 1. The van der Waals surface area contributed by atoms with Crippen molar-refractivity contribution in [2.75, 3.05) is 24.5 Å². The van der Waals surface area contributed by atoms with Gasteiger partial charge in [-0.25, -0.2) is 4.79 Å². The van der Waals surface area contributed by atoms with E-state index in [-0.39, 0.29) is 12.0 Å². The molecule has 0 radical (unpaired) electrons. The molecule has 0 bridgehead atoms. The van der Waals surface area contributed by atoms with Gasteiger partial charge in [0.25, 0.3) is 0 Å². The first-order chi connectivity index (χ1) is 19.0. The number of hydrogen-bond donors (Lipinski definition) is 2. The van der Waals surface area contributed by atoms with E-state index in [1.807, 2.05) is 51.1 Å². The maximum atomic E-state index is 13.3. The highest BCUT2D eigenvalue weighted by atomic mass is 35.5. The van der Waals surface area contributed by atoms with E-state index in [1.54, 1.807) is 18.2 Å². The Morgan fingerprint density at radius 1 is 1.00 bits per heavy atom. The van der Waals surface area contributed by atoms with Crippen LogP contribution in [-0.2, 0) is 22.6 Å². The number of benzene rings is 3. The van der Waals surface area contributed by atoms with Crippen molar-refractivity contribution in [2.24, 2.45) is 0 Å². The highest BCUT2D eigenvalue weighted by molar-refractivity contribution is 6.40. The van der Waals surface area contributed by atoms with Crippen LogP contribution in [0.1, 0.15) is 31.9 Å². The summed E-state index contributed by atoms with van der Waals surface area (Å²) >= 11 is 19.8. The number of esters is 1. The summed E-state index contributed by atoms with van der Waals surface area (Å²) in [5.74, 6) is -0.268. The topological polar surface area (TPSA) is 73.9 Å². The van der Waals surface area contributed by atoms with Crippen LogP contribution in [0.15, 0.2) is 54.6 Å². The second kappa shape index (κ2) is 11.6. The number of urea groups is 1. The molecule has 2 amide bonds. The summed E-state index contributed by atoms with van der Waals surface area (Å²) in [4.78, 5) is 29.8. The number of hydrogen-bond acceptors (Lipinski definition) is 5. The van der Waals surface area contributed by atoms with E-state index in [1.165, 1.54) is 4.90 Å². The van der Waals surface area contributed by atoms with Crippen LogP contribution in [0.25, 0.3) is 11.1 Å². The monoisotopic (exact) mass is 600 g/mol. The van der Waals surface area contributed by atoms with Crippen molar-refractivity contribution in [1.82, 2.24) is 15.5 Å². The van der Waals surface area contributed by atoms with Crippen molar-refractivity contribution in [2.45, 2.75) is 45.5 Å². The van der Waals surface area contributed by atoms with Crippen LogP contribution in [0, 0.1) is 0 Å². The molecule has 1 fully saturated rings. The van der Waals surface area contributed by atoms with Gasteiger partial charge in [-0.1, -0.05) is 59.1 Å². The molecule has 1 atom stereocenters. The summed E-state index contributed by atoms with van der Waals surface area (Å²) in [5.41, 5.74) is 4.16. The molecule has 2 heterocycles. The van der Waals surface area contributed by atoms with Crippen LogP contribution in [-0.4, -0.2) is 48.2 Å². The SMILES string of the molecule is CC(C)(C)OC(=O)C1CN(Cc2cc(-c3ccccc3Cl)c3c(c2)N(c2c(Cl)cccc2Cl)C(=O)NC3)CCN1. The lowest BCUT2D eigenvalue weighted by Gasteiger charge is -2.35. The number of fused-ring (bicyclic) bond motifs is 1. The molecule has 3 aromatic carbocycles. The minimum Gasteiger partial charge on any atom is -0.459 e. The maximum absolute atomic E-state index is 13.3. The zero-order valence-corrected chi connectivity index (χ0v) is 24.8. The Morgan fingerprint density at radius 2 is 1.70 bits per heavy atom. The lowest BCUT2D eigenvalue weighted by atomic mass is 9.93. The van der Waals surface area contributed by atoms with Gasteiger partial charge in [-0.05, 0) is 62.2 Å². The van der Waals surface area contributed by atoms with E-state index < -0.39 is 11.6 Å². The van der Waals surface area contributed by atoms with Crippen LogP contribution in [0.2, 0.25) is 15.1 Å². The van der Waals surface area contributed by atoms with Crippen LogP contribution in [0.5, 0.6) is 0 Å². The van der Waals surface area contributed by atoms with E-state index in [0.29, 0.717) is 52.6 Å². The molecule has 0 aromatic heterocycles. The molecule has 0 aliphatic carbocycles. The Morgan fingerprint density at radius 3 is 2.40 bits per heavy atom. The molecule has 3 aromatic rings. The summed E-state index contributed by atoms with van der Waals surface area (Å²) in [6.45, 7) is 8.35. The molecule has 0 saturated carbocycles. The minimum absolute atomic E-state index is 0.268. The van der Waals surface area contributed by atoms with E-state index in [4.69, 9.17) is 39.5 Å². The van der Waals surface area contributed by atoms with E-state index in [9.17, 15) is 9.59 Å². The molecule has 2 aliphatic rings. The second-order valence-electron chi connectivity index (χ2n) is 11.0. The first kappa shape index (κ1) is 28.7. The van der Waals surface area contributed by atoms with Crippen molar-refractivity contribution < 1.29 is 14.3 Å². The van der Waals surface area contributed by atoms with Gasteiger partial charge in [-0.15, -0.1) is 0 Å². The number of ether oxygens (including phenoxy) is 1. The third-order valence-electron chi connectivity index (χ3n) is 6.83. The smallest absolute Gasteiger partial charge is 0.326 e. The Bertz CT molecular complexity index is 1440. The number of nitrogens with one attached hydrogen (secondary N) is 2. The van der Waals surface area contributed by atoms with E-state index in [0.717, 1.165) is 28.8 Å². The van der Waals surface area contributed by atoms with E-state index in [2.05, 4.69) is 21.6 Å². The Balaban J connectivity index is 1.57. The maximum Gasteiger partial charge on any atom is 0.326 e. The van der Waals surface area contributed by atoms with Gasteiger partial charge in [0.15, 0.2) is 0 Å². The van der Waals surface area contributed by atoms with Gasteiger partial charge in [-0.2, -0.15) is 0 Å². The number of anilines is 2. The summed E-state index contributed by atoms with van der Waals surface area (Å²) in [6, 6.07) is 16.1. The molecule has 2 aliphatic heterocycles. The molecular weight excluding hydrogens is 571 g/mol. The first-order valence-electron chi connectivity index (χ1n) is 13.1. The van der Waals surface area contributed by atoms with Gasteiger partial charge in [-0.3, -0.25) is 14.6 Å². The summed E-state index contributed by atoms with van der Waals surface area (Å²) < 4.78 is 5.62. The molecule has 210 valence electrons. The van der Waals surface area contributed by atoms with Crippen molar-refractivity contribution in [3.05, 3.63) is 80.8 Å². The van der Waals surface area contributed by atoms with Crippen molar-refractivity contribution >= 4 is 58.2 Å². The molecule has 5 rings (SSSR count). The molecule has 2 N–H and O–H groups in total. The Labute approximate surface area is 249 Å². The zero-order valence-electron chi connectivity index (χ0n) is 22.6. The predicted octanol–water partition coefficient (Wildman–Crippen LogP) is 6.79. The number of amides is 2. The average molecular weight is 602 g/mol. The molecule has 7 nitrogen and oxygen atoms in total. The molecule has 40 heavy (non-hydrogen) atoms. The molecular formula is C30H31Cl3N4O3. The van der Waals surface area contributed by atoms with Crippen molar-refractivity contribution in [1.29, 1.82) is 0 Å². The predicted molar refractivity (Wildman–Crippen MR) is 161 cm³/mol. The van der Waals surface area contributed by atoms with Crippen molar-refractivity contribution in [3.63, 3.8) is 0 Å². The number of nitrogens with zero attached hydrogens (tertiary/aromatic N) is 2. The second-order valence-corrected chi connectivity index (χ2v) is 12.2. The van der Waals surface area contributed by atoms with Gasteiger partial charge in [0.2, 0.25) is 0 Å². The number of para-hydroxylation sites is 1. The fourth-order valence-electron chi connectivity index (χ4n) is 5.13. The summed E-state index contributed by atoms with van der Waals surface area (Å²) in [7, 11) is 0. The highest BCUT2D eigenvalue weighted by Crippen LogP contribution is 2.44. The molecule has 1 unspecified atom stereocenters. The number of carbonyl (C=O) groups excluding carboxylic acids is 2. The first-order valence-corrected chi connectivity index (χ1v) is 14.3. The Hall–Kier alpha value is -2.81. The number of carbonyl (C=O) groups is 2.